The Bertz CT molecular complexity index is 639. The second kappa shape index (κ2) is 5.39. The molecule has 1 unspecified atom stereocenters. The first kappa shape index (κ1) is 13.5. The predicted octanol–water partition coefficient (Wildman–Crippen LogP) is 1.59. The van der Waals surface area contributed by atoms with Crippen molar-refractivity contribution in [2.24, 2.45) is 5.73 Å². The van der Waals surface area contributed by atoms with Crippen molar-refractivity contribution in [2.45, 2.75) is 13.0 Å². The number of H-pyrrole nitrogens is 1. The van der Waals surface area contributed by atoms with Crippen molar-refractivity contribution in [3.05, 3.63) is 52.1 Å². The number of nitrogens with two attached hydrogens (primary N) is 1. The molecule has 0 radical (unpaired) electrons. The summed E-state index contributed by atoms with van der Waals surface area (Å²) < 4.78 is 0. The highest BCUT2D eigenvalue weighted by molar-refractivity contribution is 5.94. The largest absolute Gasteiger partial charge is 0.370 e. The van der Waals surface area contributed by atoms with Gasteiger partial charge in [0.1, 0.15) is 11.5 Å². The van der Waals surface area contributed by atoms with Crippen molar-refractivity contribution in [3.8, 4) is 0 Å². The van der Waals surface area contributed by atoms with Crippen LogP contribution < -0.4 is 11.1 Å². The Labute approximate surface area is 114 Å². The zero-order valence-electron chi connectivity index (χ0n) is 10.7. The molecule has 0 aliphatic heterocycles. The van der Waals surface area contributed by atoms with E-state index in [1.54, 1.807) is 12.4 Å². The molecule has 2 rings (SSSR count). The van der Waals surface area contributed by atoms with Gasteiger partial charge in [-0.25, -0.2) is 4.98 Å². The summed E-state index contributed by atoms with van der Waals surface area (Å²) in [5.41, 5.74) is 5.29. The number of nitro groups is 1. The van der Waals surface area contributed by atoms with Crippen molar-refractivity contribution in [1.29, 1.82) is 0 Å². The van der Waals surface area contributed by atoms with E-state index >= 15 is 0 Å². The summed E-state index contributed by atoms with van der Waals surface area (Å²) >= 11 is 0. The molecule has 1 aromatic carbocycles. The first-order valence-electron chi connectivity index (χ1n) is 5.83. The summed E-state index contributed by atoms with van der Waals surface area (Å²) in [5.74, 6) is -0.0583. The Kier molecular flexibility index (Phi) is 3.65. The maximum absolute atomic E-state index is 11.1. The molecule has 0 bridgehead atoms. The number of hydrogen-bond acceptors (Lipinski definition) is 5. The van der Waals surface area contributed by atoms with E-state index < -0.39 is 10.8 Å². The van der Waals surface area contributed by atoms with Gasteiger partial charge in [-0.05, 0) is 19.1 Å². The van der Waals surface area contributed by atoms with E-state index in [9.17, 15) is 14.9 Å². The second-order valence-electron chi connectivity index (χ2n) is 4.19. The van der Waals surface area contributed by atoms with E-state index in [4.69, 9.17) is 5.73 Å². The number of amides is 1. The van der Waals surface area contributed by atoms with Gasteiger partial charge in [-0.3, -0.25) is 14.9 Å². The fourth-order valence-corrected chi connectivity index (χ4v) is 1.77. The summed E-state index contributed by atoms with van der Waals surface area (Å²) in [4.78, 5) is 28.5. The molecule has 20 heavy (non-hydrogen) atoms. The van der Waals surface area contributed by atoms with Gasteiger partial charge in [-0.15, -0.1) is 0 Å². The number of rotatable bonds is 5. The van der Waals surface area contributed by atoms with Gasteiger partial charge < -0.3 is 16.0 Å². The molecule has 2 aromatic rings. The highest BCUT2D eigenvalue weighted by atomic mass is 16.6. The minimum absolute atomic E-state index is 0.0906. The van der Waals surface area contributed by atoms with Crippen LogP contribution in [-0.2, 0) is 0 Å². The number of imidazole rings is 1. The summed E-state index contributed by atoms with van der Waals surface area (Å²) in [7, 11) is 0. The second-order valence-corrected chi connectivity index (χ2v) is 4.19. The third-order valence-electron chi connectivity index (χ3n) is 2.78. The molecule has 1 amide bonds. The number of hydrogen-bond donors (Lipinski definition) is 3. The minimum atomic E-state index is -0.710. The molecule has 1 heterocycles. The van der Waals surface area contributed by atoms with Gasteiger partial charge in [0.15, 0.2) is 0 Å². The lowest BCUT2D eigenvalue weighted by Crippen LogP contribution is -2.13. The third-order valence-corrected chi connectivity index (χ3v) is 2.78. The van der Waals surface area contributed by atoms with Gasteiger partial charge in [0, 0.05) is 24.0 Å². The van der Waals surface area contributed by atoms with Gasteiger partial charge in [-0.1, -0.05) is 0 Å². The van der Waals surface area contributed by atoms with Crippen LogP contribution in [0, 0.1) is 10.1 Å². The van der Waals surface area contributed by atoms with E-state index in [-0.39, 0.29) is 17.3 Å². The molecule has 0 aliphatic carbocycles. The SMILES string of the molecule is CC(Nc1ccc(C(N)=O)cc1[N+](=O)[O-])c1ncc[nH]1. The lowest BCUT2D eigenvalue weighted by atomic mass is 10.1. The van der Waals surface area contributed by atoms with Crippen LogP contribution in [0.2, 0.25) is 0 Å². The first-order chi connectivity index (χ1) is 9.49. The average Bonchev–Trinajstić information content (AvgIpc) is 2.92. The van der Waals surface area contributed by atoms with Gasteiger partial charge in [0.05, 0.1) is 11.0 Å². The molecule has 0 fully saturated rings. The Morgan fingerprint density at radius 1 is 1.55 bits per heavy atom. The topological polar surface area (TPSA) is 127 Å². The standard InChI is InChI=1S/C12H13N5O3/c1-7(12-14-4-5-15-12)16-9-3-2-8(11(13)18)6-10(9)17(19)20/h2-7,16H,1H3,(H2,13,18)(H,14,15). The molecule has 0 spiro atoms. The number of nitrogens with zero attached hydrogens (tertiary/aromatic N) is 2. The summed E-state index contributed by atoms with van der Waals surface area (Å²) in [6.07, 6.45) is 3.26. The fourth-order valence-electron chi connectivity index (χ4n) is 1.77. The van der Waals surface area contributed by atoms with Crippen LogP contribution in [0.3, 0.4) is 0 Å². The predicted molar refractivity (Wildman–Crippen MR) is 72.2 cm³/mol. The quantitative estimate of drug-likeness (QED) is 0.564. The van der Waals surface area contributed by atoms with Crippen molar-refractivity contribution < 1.29 is 9.72 Å². The smallest absolute Gasteiger partial charge is 0.293 e. The monoisotopic (exact) mass is 275 g/mol. The lowest BCUT2D eigenvalue weighted by Gasteiger charge is -2.13. The molecule has 104 valence electrons. The number of primary amides is 1. The summed E-state index contributed by atoms with van der Waals surface area (Å²) in [5, 5.41) is 14.0. The van der Waals surface area contributed by atoms with Crippen molar-refractivity contribution in [1.82, 2.24) is 9.97 Å². The van der Waals surface area contributed by atoms with Crippen LogP contribution in [0.15, 0.2) is 30.6 Å². The molecule has 1 aromatic heterocycles. The molecule has 8 heteroatoms. The number of anilines is 1. The maximum Gasteiger partial charge on any atom is 0.293 e. The molecule has 0 saturated carbocycles. The Balaban J connectivity index is 2.31. The van der Waals surface area contributed by atoms with Crippen LogP contribution in [0.5, 0.6) is 0 Å². The van der Waals surface area contributed by atoms with Crippen LogP contribution in [0.1, 0.15) is 29.1 Å². The van der Waals surface area contributed by atoms with E-state index in [0.29, 0.717) is 11.5 Å². The van der Waals surface area contributed by atoms with E-state index in [2.05, 4.69) is 15.3 Å². The normalized spacial score (nSPS) is 11.8. The number of aromatic nitrogens is 2. The van der Waals surface area contributed by atoms with Gasteiger partial charge >= 0.3 is 0 Å². The molecule has 0 saturated heterocycles. The summed E-state index contributed by atoms with van der Waals surface area (Å²) in [6.45, 7) is 1.81. The Hall–Kier alpha value is -2.90. The number of benzene rings is 1. The minimum Gasteiger partial charge on any atom is -0.370 e. The Morgan fingerprint density at radius 3 is 2.85 bits per heavy atom. The molecular weight excluding hydrogens is 262 g/mol. The van der Waals surface area contributed by atoms with Crippen LogP contribution in [-0.4, -0.2) is 20.8 Å². The molecule has 8 nitrogen and oxygen atoms in total. The Morgan fingerprint density at radius 2 is 2.30 bits per heavy atom. The van der Waals surface area contributed by atoms with E-state index in [1.165, 1.54) is 12.1 Å². The maximum atomic E-state index is 11.1. The zero-order valence-corrected chi connectivity index (χ0v) is 10.7. The molecular formula is C12H13N5O3. The highest BCUT2D eigenvalue weighted by Crippen LogP contribution is 2.28. The molecule has 0 aliphatic rings. The van der Waals surface area contributed by atoms with Gasteiger partial charge in [-0.2, -0.15) is 0 Å². The number of aromatic amines is 1. The molecule has 4 N–H and O–H groups in total. The first-order valence-corrected chi connectivity index (χ1v) is 5.83. The van der Waals surface area contributed by atoms with Crippen LogP contribution in [0.25, 0.3) is 0 Å². The summed E-state index contributed by atoms with van der Waals surface area (Å²) in [6, 6.07) is 3.80. The zero-order chi connectivity index (χ0) is 14.7. The van der Waals surface area contributed by atoms with Crippen molar-refractivity contribution in [3.63, 3.8) is 0 Å². The lowest BCUT2D eigenvalue weighted by molar-refractivity contribution is -0.384. The van der Waals surface area contributed by atoms with Gasteiger partial charge in [0.2, 0.25) is 5.91 Å². The fraction of sp³-hybridized carbons (Fsp3) is 0.167. The average molecular weight is 275 g/mol. The van der Waals surface area contributed by atoms with Gasteiger partial charge in [0.25, 0.3) is 5.69 Å². The van der Waals surface area contributed by atoms with E-state index in [1.807, 2.05) is 6.92 Å². The number of nitro benzene ring substituents is 1. The van der Waals surface area contributed by atoms with Crippen molar-refractivity contribution in [2.75, 3.05) is 5.32 Å². The van der Waals surface area contributed by atoms with Crippen LogP contribution in [0.4, 0.5) is 11.4 Å². The number of carbonyl (C=O) groups excluding carboxylic acids is 1. The van der Waals surface area contributed by atoms with E-state index in [0.717, 1.165) is 6.07 Å². The number of carbonyl (C=O) groups is 1. The van der Waals surface area contributed by atoms with Crippen molar-refractivity contribution >= 4 is 17.3 Å². The third kappa shape index (κ3) is 2.74. The number of nitrogens with one attached hydrogen (secondary N) is 2. The molecule has 1 atom stereocenters. The van der Waals surface area contributed by atoms with Crippen LogP contribution >= 0.6 is 0 Å². The highest BCUT2D eigenvalue weighted by Gasteiger charge is 2.19.